The van der Waals surface area contributed by atoms with Gasteiger partial charge in [0, 0.05) is 64.4 Å². The van der Waals surface area contributed by atoms with Crippen molar-refractivity contribution in [2.45, 2.75) is 44.7 Å². The van der Waals surface area contributed by atoms with Gasteiger partial charge in [0.15, 0.2) is 5.82 Å². The van der Waals surface area contributed by atoms with Crippen LogP contribution in [0, 0.1) is 5.82 Å². The second-order valence-electron chi connectivity index (χ2n) is 8.84. The Morgan fingerprint density at radius 3 is 2.91 bits per heavy atom. The number of carbonyl (C=O) groups excluding carboxylic acids is 1. The lowest BCUT2D eigenvalue weighted by molar-refractivity contribution is -0.135. The molecule has 1 fully saturated rings. The molecule has 0 aliphatic carbocycles. The second-order valence-corrected chi connectivity index (χ2v) is 8.84. The van der Waals surface area contributed by atoms with E-state index in [1.54, 1.807) is 6.07 Å². The van der Waals surface area contributed by atoms with E-state index in [2.05, 4.69) is 17.3 Å². The minimum Gasteiger partial charge on any atom is -0.374 e. The molecule has 0 bridgehead atoms. The van der Waals surface area contributed by atoms with Crippen LogP contribution in [0.2, 0.25) is 0 Å². The third-order valence-corrected chi connectivity index (χ3v) is 6.54. The molecule has 2 aliphatic rings. The molecule has 3 heterocycles. The summed E-state index contributed by atoms with van der Waals surface area (Å²) in [4.78, 5) is 29.2. The Morgan fingerprint density at radius 2 is 2.12 bits per heavy atom. The van der Waals surface area contributed by atoms with Gasteiger partial charge in [-0.2, -0.15) is 0 Å². The molecular weight excluding hydrogens is 407 g/mol. The van der Waals surface area contributed by atoms with E-state index in [1.807, 2.05) is 30.0 Å². The molecule has 2 aromatic rings. The van der Waals surface area contributed by atoms with E-state index in [9.17, 15) is 9.18 Å². The summed E-state index contributed by atoms with van der Waals surface area (Å²) in [6, 6.07) is 6.37. The standard InChI is InChI=1S/C24H33FN6O/c1-26-23-19-16-29(2)13-10-20(19)27-24(28-23)21-9-4-5-12-31(21)22(32)11-14-30(3)18-8-6-7-17(25)15-18/h6-8,15,21H,4-5,9-14,16H2,1-3H3,(H,26,27,28)/t21-/m0/s1. The second kappa shape index (κ2) is 9.81. The molecule has 172 valence electrons. The highest BCUT2D eigenvalue weighted by atomic mass is 19.1. The first kappa shape index (κ1) is 22.5. The molecule has 0 unspecified atom stereocenters. The number of carbonyl (C=O) groups is 1. The zero-order valence-corrected chi connectivity index (χ0v) is 19.3. The number of amides is 1. The van der Waals surface area contributed by atoms with Crippen molar-refractivity contribution >= 4 is 17.4 Å². The lowest BCUT2D eigenvalue weighted by Crippen LogP contribution is -2.41. The first-order chi connectivity index (χ1) is 15.5. The van der Waals surface area contributed by atoms with Gasteiger partial charge >= 0.3 is 0 Å². The highest BCUT2D eigenvalue weighted by Gasteiger charge is 2.32. The van der Waals surface area contributed by atoms with Crippen LogP contribution < -0.4 is 10.2 Å². The number of halogens is 1. The SMILES string of the molecule is CNc1nc([C@@H]2CCCCN2C(=O)CCN(C)c2cccc(F)c2)nc2c1CN(C)CC2. The lowest BCUT2D eigenvalue weighted by atomic mass is 9.99. The molecule has 1 amide bonds. The number of hydrogen-bond acceptors (Lipinski definition) is 6. The maximum Gasteiger partial charge on any atom is 0.224 e. The Kier molecular flexibility index (Phi) is 6.89. The van der Waals surface area contributed by atoms with E-state index in [0.29, 0.717) is 13.0 Å². The Labute approximate surface area is 189 Å². The molecular formula is C24H33FN6O. The number of nitrogens with one attached hydrogen (secondary N) is 1. The predicted molar refractivity (Wildman–Crippen MR) is 124 cm³/mol. The topological polar surface area (TPSA) is 64.6 Å². The summed E-state index contributed by atoms with van der Waals surface area (Å²) in [5.74, 6) is 1.46. The number of aromatic nitrogens is 2. The monoisotopic (exact) mass is 440 g/mol. The van der Waals surface area contributed by atoms with Crippen molar-refractivity contribution in [3.05, 3.63) is 47.2 Å². The number of anilines is 2. The molecule has 32 heavy (non-hydrogen) atoms. The van der Waals surface area contributed by atoms with E-state index in [0.717, 1.165) is 73.9 Å². The molecule has 8 heteroatoms. The number of nitrogens with zero attached hydrogens (tertiary/aromatic N) is 5. The Morgan fingerprint density at radius 1 is 1.28 bits per heavy atom. The largest absolute Gasteiger partial charge is 0.374 e. The van der Waals surface area contributed by atoms with E-state index < -0.39 is 0 Å². The van der Waals surface area contributed by atoms with Gasteiger partial charge in [0.2, 0.25) is 5.91 Å². The number of fused-ring (bicyclic) bond motifs is 1. The highest BCUT2D eigenvalue weighted by molar-refractivity contribution is 5.77. The molecule has 4 rings (SSSR count). The number of piperidine rings is 1. The van der Waals surface area contributed by atoms with Crippen LogP contribution in [0.15, 0.2) is 24.3 Å². The van der Waals surface area contributed by atoms with Crippen molar-refractivity contribution in [2.24, 2.45) is 0 Å². The van der Waals surface area contributed by atoms with Crippen LogP contribution in [0.25, 0.3) is 0 Å². The number of likely N-dealkylation sites (tertiary alicyclic amines) is 1. The highest BCUT2D eigenvalue weighted by Crippen LogP contribution is 2.32. The summed E-state index contributed by atoms with van der Waals surface area (Å²) >= 11 is 0. The maximum atomic E-state index is 13.5. The van der Waals surface area contributed by atoms with Crippen LogP contribution in [0.3, 0.4) is 0 Å². The average Bonchev–Trinajstić information content (AvgIpc) is 2.81. The first-order valence-electron chi connectivity index (χ1n) is 11.5. The number of benzene rings is 1. The van der Waals surface area contributed by atoms with Crippen LogP contribution in [0.1, 0.15) is 48.8 Å². The number of rotatable bonds is 6. The third kappa shape index (κ3) is 4.85. The van der Waals surface area contributed by atoms with Gasteiger partial charge in [-0.25, -0.2) is 14.4 Å². The molecule has 2 aliphatic heterocycles. The quantitative estimate of drug-likeness (QED) is 0.744. The minimum atomic E-state index is -0.270. The van der Waals surface area contributed by atoms with Gasteiger partial charge in [-0.05, 0) is 44.5 Å². The van der Waals surface area contributed by atoms with Crippen molar-refractivity contribution in [3.63, 3.8) is 0 Å². The van der Waals surface area contributed by atoms with E-state index in [-0.39, 0.29) is 17.8 Å². The summed E-state index contributed by atoms with van der Waals surface area (Å²) in [6.45, 7) is 3.08. The van der Waals surface area contributed by atoms with E-state index in [4.69, 9.17) is 9.97 Å². The first-order valence-corrected chi connectivity index (χ1v) is 11.5. The van der Waals surface area contributed by atoms with Gasteiger partial charge < -0.3 is 20.0 Å². The fourth-order valence-electron chi connectivity index (χ4n) is 4.67. The van der Waals surface area contributed by atoms with E-state index >= 15 is 0 Å². The van der Waals surface area contributed by atoms with Gasteiger partial charge in [-0.3, -0.25) is 4.79 Å². The zero-order valence-electron chi connectivity index (χ0n) is 19.3. The summed E-state index contributed by atoms with van der Waals surface area (Å²) in [5.41, 5.74) is 3.03. The van der Waals surface area contributed by atoms with Gasteiger partial charge in [-0.1, -0.05) is 6.07 Å². The summed E-state index contributed by atoms with van der Waals surface area (Å²) in [7, 11) is 5.89. The Balaban J connectivity index is 1.50. The molecule has 0 radical (unpaired) electrons. The normalized spacial score (nSPS) is 18.9. The molecule has 7 nitrogen and oxygen atoms in total. The van der Waals surface area contributed by atoms with Crippen molar-refractivity contribution < 1.29 is 9.18 Å². The van der Waals surface area contributed by atoms with Crippen LogP contribution in [-0.4, -0.2) is 66.5 Å². The van der Waals surface area contributed by atoms with Crippen LogP contribution in [0.5, 0.6) is 0 Å². The zero-order chi connectivity index (χ0) is 22.7. The predicted octanol–water partition coefficient (Wildman–Crippen LogP) is 3.23. The van der Waals surface area contributed by atoms with Gasteiger partial charge in [0.25, 0.3) is 0 Å². The van der Waals surface area contributed by atoms with Gasteiger partial charge in [0.1, 0.15) is 11.6 Å². The third-order valence-electron chi connectivity index (χ3n) is 6.54. The fraction of sp³-hybridized carbons (Fsp3) is 0.542. The summed E-state index contributed by atoms with van der Waals surface area (Å²) in [5, 5.41) is 3.24. The van der Waals surface area contributed by atoms with Crippen molar-refractivity contribution in [1.82, 2.24) is 19.8 Å². The molecule has 1 N–H and O–H groups in total. The molecule has 1 saturated heterocycles. The van der Waals surface area contributed by atoms with Crippen molar-refractivity contribution in [2.75, 3.05) is 51.0 Å². The molecule has 1 aromatic heterocycles. The van der Waals surface area contributed by atoms with Crippen LogP contribution >= 0.6 is 0 Å². The van der Waals surface area contributed by atoms with Gasteiger partial charge in [0.05, 0.1) is 11.7 Å². The summed E-state index contributed by atoms with van der Waals surface area (Å²) in [6.07, 6.45) is 4.22. The molecule has 0 spiro atoms. The maximum absolute atomic E-state index is 13.5. The Hall–Kier alpha value is -2.74. The van der Waals surface area contributed by atoms with Crippen LogP contribution in [0.4, 0.5) is 15.9 Å². The average molecular weight is 441 g/mol. The molecule has 1 atom stereocenters. The van der Waals surface area contributed by atoms with Gasteiger partial charge in [-0.15, -0.1) is 0 Å². The lowest BCUT2D eigenvalue weighted by Gasteiger charge is -2.36. The molecule has 0 saturated carbocycles. The van der Waals surface area contributed by atoms with Crippen LogP contribution in [-0.2, 0) is 17.8 Å². The number of likely N-dealkylation sites (N-methyl/N-ethyl adjacent to an activating group) is 1. The van der Waals surface area contributed by atoms with Crippen molar-refractivity contribution in [3.8, 4) is 0 Å². The number of hydrogen-bond donors (Lipinski definition) is 1. The minimum absolute atomic E-state index is 0.0900. The smallest absolute Gasteiger partial charge is 0.224 e. The summed E-state index contributed by atoms with van der Waals surface area (Å²) < 4.78 is 13.5. The fourth-order valence-corrected chi connectivity index (χ4v) is 4.67. The van der Waals surface area contributed by atoms with E-state index in [1.165, 1.54) is 12.1 Å². The van der Waals surface area contributed by atoms with Crippen molar-refractivity contribution in [1.29, 1.82) is 0 Å². The molecule has 1 aromatic carbocycles. The Bertz CT molecular complexity index is 950.